The molecule has 0 aromatic heterocycles. The summed E-state index contributed by atoms with van der Waals surface area (Å²) in [5, 5.41) is 13.4. The highest BCUT2D eigenvalue weighted by atomic mass is 16.2. The first-order chi connectivity index (χ1) is 14.5. The van der Waals surface area contributed by atoms with Gasteiger partial charge in [0.15, 0.2) is 0 Å². The number of rotatable bonds is 5. The van der Waals surface area contributed by atoms with Crippen LogP contribution in [0.25, 0.3) is 17.2 Å². The fourth-order valence-corrected chi connectivity index (χ4v) is 3.06. The van der Waals surface area contributed by atoms with Gasteiger partial charge in [-0.15, -0.1) is 0 Å². The maximum atomic E-state index is 12.3. The van der Waals surface area contributed by atoms with E-state index >= 15 is 0 Å². The van der Waals surface area contributed by atoms with Gasteiger partial charge in [0.25, 0.3) is 5.91 Å². The van der Waals surface area contributed by atoms with E-state index in [2.05, 4.69) is 23.5 Å². The molecular formula is C26H23N3O. The number of nitrogens with one attached hydrogen (secondary N) is 1. The predicted molar refractivity (Wildman–Crippen MR) is 122 cm³/mol. The summed E-state index contributed by atoms with van der Waals surface area (Å²) >= 11 is 0. The molecule has 0 saturated carbocycles. The van der Waals surface area contributed by atoms with Gasteiger partial charge in [-0.2, -0.15) is 10.4 Å². The number of carbonyl (C=O) groups excluding carboxylic acids is 1. The molecule has 0 heterocycles. The van der Waals surface area contributed by atoms with Crippen LogP contribution in [0, 0.1) is 32.1 Å². The molecule has 0 saturated heterocycles. The maximum absolute atomic E-state index is 12.3. The summed E-state index contributed by atoms with van der Waals surface area (Å²) in [4.78, 5) is 12.3. The van der Waals surface area contributed by atoms with Gasteiger partial charge in [0.2, 0.25) is 0 Å². The molecule has 0 radical (unpaired) electrons. The van der Waals surface area contributed by atoms with Crippen LogP contribution in [-0.2, 0) is 4.79 Å². The normalized spacial score (nSPS) is 11.3. The number of carbonyl (C=O) groups is 1. The van der Waals surface area contributed by atoms with Crippen LogP contribution in [0.1, 0.15) is 27.8 Å². The van der Waals surface area contributed by atoms with E-state index in [-0.39, 0.29) is 5.57 Å². The molecule has 0 fully saturated rings. The highest BCUT2D eigenvalue weighted by molar-refractivity contribution is 6.02. The molecule has 0 aliphatic carbocycles. The second-order valence-electron chi connectivity index (χ2n) is 7.15. The van der Waals surface area contributed by atoms with Crippen molar-refractivity contribution in [3.63, 3.8) is 0 Å². The van der Waals surface area contributed by atoms with Gasteiger partial charge in [-0.3, -0.25) is 4.79 Å². The van der Waals surface area contributed by atoms with Crippen molar-refractivity contribution in [2.24, 2.45) is 5.10 Å². The molecule has 3 aromatic rings. The Morgan fingerprint density at radius 2 is 1.53 bits per heavy atom. The van der Waals surface area contributed by atoms with Crippen LogP contribution in [0.3, 0.4) is 0 Å². The number of nitriles is 1. The summed E-state index contributed by atoms with van der Waals surface area (Å²) in [6.07, 6.45) is 3.16. The molecule has 1 amide bonds. The number of benzene rings is 3. The Hall–Kier alpha value is -3.97. The molecule has 4 nitrogen and oxygen atoms in total. The molecule has 3 rings (SSSR count). The van der Waals surface area contributed by atoms with Gasteiger partial charge in [0.05, 0.1) is 6.21 Å². The van der Waals surface area contributed by atoms with Gasteiger partial charge >= 0.3 is 0 Å². The van der Waals surface area contributed by atoms with E-state index < -0.39 is 5.91 Å². The van der Waals surface area contributed by atoms with Crippen molar-refractivity contribution in [3.8, 4) is 17.2 Å². The zero-order valence-electron chi connectivity index (χ0n) is 17.3. The van der Waals surface area contributed by atoms with Gasteiger partial charge < -0.3 is 0 Å². The first-order valence-electron chi connectivity index (χ1n) is 9.66. The van der Waals surface area contributed by atoms with Crippen molar-refractivity contribution in [3.05, 3.63) is 100 Å². The topological polar surface area (TPSA) is 65.2 Å². The van der Waals surface area contributed by atoms with E-state index in [1.165, 1.54) is 5.56 Å². The summed E-state index contributed by atoms with van der Waals surface area (Å²) in [5.74, 6) is -0.539. The lowest BCUT2D eigenvalue weighted by Gasteiger charge is -2.05. The highest BCUT2D eigenvalue weighted by Gasteiger charge is 2.08. The average Bonchev–Trinajstić information content (AvgIpc) is 2.76. The lowest BCUT2D eigenvalue weighted by atomic mass is 10.0. The Balaban J connectivity index is 1.71. The Kier molecular flexibility index (Phi) is 6.56. The maximum Gasteiger partial charge on any atom is 0.282 e. The lowest BCUT2D eigenvalue weighted by molar-refractivity contribution is -0.117. The van der Waals surface area contributed by atoms with Crippen molar-refractivity contribution in [1.82, 2.24) is 5.43 Å². The monoisotopic (exact) mass is 393 g/mol. The standard InChI is InChI=1S/C26H23N3O/c1-18-13-20(3)25(14-19(18)2)17-28-29-26(30)24(16-27)15-21-9-11-23(12-10-21)22-7-5-4-6-8-22/h4-15,17H,1-3H3,(H,29,30)/b24-15+,28-17-. The fourth-order valence-electron chi connectivity index (χ4n) is 3.06. The number of hydrogen-bond donors (Lipinski definition) is 1. The Bertz CT molecular complexity index is 1150. The molecule has 1 N–H and O–H groups in total. The number of aryl methyl sites for hydroxylation is 3. The summed E-state index contributed by atoms with van der Waals surface area (Å²) in [6, 6.07) is 23.8. The molecule has 0 atom stereocenters. The minimum Gasteiger partial charge on any atom is -0.267 e. The van der Waals surface area contributed by atoms with Crippen LogP contribution < -0.4 is 5.43 Å². The van der Waals surface area contributed by atoms with Gasteiger partial charge in [-0.25, -0.2) is 5.43 Å². The number of nitrogens with zero attached hydrogens (tertiary/aromatic N) is 2. The molecule has 0 spiro atoms. The van der Waals surface area contributed by atoms with Crippen LogP contribution >= 0.6 is 0 Å². The van der Waals surface area contributed by atoms with Crippen LogP contribution in [0.2, 0.25) is 0 Å². The van der Waals surface area contributed by atoms with Crippen LogP contribution in [-0.4, -0.2) is 12.1 Å². The molecule has 0 unspecified atom stereocenters. The van der Waals surface area contributed by atoms with E-state index in [1.54, 1.807) is 12.3 Å². The summed E-state index contributed by atoms with van der Waals surface area (Å²) < 4.78 is 0. The molecule has 0 aliphatic heterocycles. The SMILES string of the molecule is Cc1cc(C)c(/C=N\NC(=O)/C(C#N)=C/c2ccc(-c3ccccc3)cc2)cc1C. The first kappa shape index (κ1) is 20.8. The van der Waals surface area contributed by atoms with Gasteiger partial charge in [0.1, 0.15) is 11.6 Å². The van der Waals surface area contributed by atoms with Crippen molar-refractivity contribution in [2.45, 2.75) is 20.8 Å². The van der Waals surface area contributed by atoms with Crippen molar-refractivity contribution in [1.29, 1.82) is 5.26 Å². The zero-order valence-corrected chi connectivity index (χ0v) is 17.3. The van der Waals surface area contributed by atoms with E-state index in [9.17, 15) is 10.1 Å². The third-order valence-electron chi connectivity index (χ3n) is 4.95. The average molecular weight is 393 g/mol. The smallest absolute Gasteiger partial charge is 0.267 e. The first-order valence-corrected chi connectivity index (χ1v) is 9.66. The molecule has 4 heteroatoms. The van der Waals surface area contributed by atoms with Crippen LogP contribution in [0.5, 0.6) is 0 Å². The largest absolute Gasteiger partial charge is 0.282 e. The van der Waals surface area contributed by atoms with Crippen LogP contribution in [0.4, 0.5) is 0 Å². The third-order valence-corrected chi connectivity index (χ3v) is 4.95. The van der Waals surface area contributed by atoms with Gasteiger partial charge in [0, 0.05) is 0 Å². The van der Waals surface area contributed by atoms with E-state index in [0.29, 0.717) is 0 Å². The second-order valence-corrected chi connectivity index (χ2v) is 7.15. The van der Waals surface area contributed by atoms with E-state index in [1.807, 2.05) is 80.6 Å². The summed E-state index contributed by atoms with van der Waals surface area (Å²) in [7, 11) is 0. The minimum atomic E-state index is -0.539. The van der Waals surface area contributed by atoms with Gasteiger partial charge in [-0.1, -0.05) is 60.7 Å². The Morgan fingerprint density at radius 3 is 2.20 bits per heavy atom. The molecule has 0 bridgehead atoms. The van der Waals surface area contributed by atoms with Crippen molar-refractivity contribution >= 4 is 18.2 Å². The Morgan fingerprint density at radius 1 is 0.900 bits per heavy atom. The lowest BCUT2D eigenvalue weighted by Crippen LogP contribution is -2.19. The number of amides is 1. The van der Waals surface area contributed by atoms with Crippen molar-refractivity contribution in [2.75, 3.05) is 0 Å². The number of hydrazone groups is 1. The second kappa shape index (κ2) is 9.49. The molecule has 0 aliphatic rings. The molecular weight excluding hydrogens is 370 g/mol. The predicted octanol–water partition coefficient (Wildman–Crippen LogP) is 5.34. The van der Waals surface area contributed by atoms with Crippen LogP contribution in [0.15, 0.2) is 77.4 Å². The molecule has 30 heavy (non-hydrogen) atoms. The summed E-state index contributed by atoms with van der Waals surface area (Å²) in [5.41, 5.74) is 9.77. The molecule has 148 valence electrons. The zero-order chi connectivity index (χ0) is 21.5. The van der Waals surface area contributed by atoms with E-state index in [0.717, 1.165) is 33.4 Å². The minimum absolute atomic E-state index is 0.00332. The Labute approximate surface area is 177 Å². The number of hydrogen-bond acceptors (Lipinski definition) is 3. The molecule has 3 aromatic carbocycles. The fraction of sp³-hybridized carbons (Fsp3) is 0.115. The van der Waals surface area contributed by atoms with E-state index in [4.69, 9.17) is 0 Å². The van der Waals surface area contributed by atoms with Crippen molar-refractivity contribution < 1.29 is 4.79 Å². The highest BCUT2D eigenvalue weighted by Crippen LogP contribution is 2.20. The quantitative estimate of drug-likeness (QED) is 0.275. The van der Waals surface area contributed by atoms with Gasteiger partial charge in [-0.05, 0) is 71.9 Å². The third kappa shape index (κ3) is 5.09. The summed E-state index contributed by atoms with van der Waals surface area (Å²) in [6.45, 7) is 6.08.